The van der Waals surface area contributed by atoms with Gasteiger partial charge in [0.05, 0.1) is 0 Å². The summed E-state index contributed by atoms with van der Waals surface area (Å²) in [6.07, 6.45) is 3.93. The smallest absolute Gasteiger partial charge is 0.325 e. The van der Waals surface area contributed by atoms with Gasteiger partial charge >= 0.3 is 5.97 Å². The fourth-order valence-electron chi connectivity index (χ4n) is 2.52. The average molecular weight is 175 g/mol. The zero-order valence-corrected chi connectivity index (χ0v) is 6.97. The van der Waals surface area contributed by atoms with Crippen molar-refractivity contribution in [1.82, 2.24) is 0 Å². The van der Waals surface area contributed by atoms with Crippen LogP contribution in [0, 0.1) is 11.8 Å². The molecule has 0 heterocycles. The highest BCUT2D eigenvalue weighted by Gasteiger charge is 2.54. The SMILES string of the molecule is O=C(O)[C@@]1(Cl)C[C@H]2CC[C@@H]1C2. The molecular formula is C8H11ClO2. The molecule has 0 radical (unpaired) electrons. The molecule has 0 aliphatic heterocycles. The van der Waals surface area contributed by atoms with Gasteiger partial charge in [0.15, 0.2) is 0 Å². The van der Waals surface area contributed by atoms with Crippen molar-refractivity contribution in [2.45, 2.75) is 30.6 Å². The molecule has 0 aromatic heterocycles. The van der Waals surface area contributed by atoms with Crippen molar-refractivity contribution in [1.29, 1.82) is 0 Å². The number of halogens is 1. The van der Waals surface area contributed by atoms with Crippen molar-refractivity contribution >= 4 is 17.6 Å². The fraction of sp³-hybridized carbons (Fsp3) is 0.875. The number of rotatable bonds is 1. The largest absolute Gasteiger partial charge is 0.480 e. The third kappa shape index (κ3) is 0.886. The van der Waals surface area contributed by atoms with E-state index in [1.54, 1.807) is 0 Å². The summed E-state index contributed by atoms with van der Waals surface area (Å²) in [5.74, 6) is 0.0200. The number of carboxylic acids is 1. The molecule has 0 aromatic carbocycles. The molecule has 0 unspecified atom stereocenters. The lowest BCUT2D eigenvalue weighted by atomic mass is 9.88. The quantitative estimate of drug-likeness (QED) is 0.617. The van der Waals surface area contributed by atoms with Gasteiger partial charge in [-0.1, -0.05) is 6.42 Å². The summed E-state index contributed by atoms with van der Waals surface area (Å²) in [4.78, 5) is 9.88. The third-order valence-electron chi connectivity index (χ3n) is 3.13. The van der Waals surface area contributed by atoms with Crippen molar-refractivity contribution in [3.8, 4) is 0 Å². The Labute approximate surface area is 70.5 Å². The minimum Gasteiger partial charge on any atom is -0.480 e. The Morgan fingerprint density at radius 3 is 2.55 bits per heavy atom. The number of hydrogen-bond donors (Lipinski definition) is 1. The molecule has 3 atom stereocenters. The summed E-state index contributed by atoms with van der Waals surface area (Å²) >= 11 is 6.00. The van der Waals surface area contributed by atoms with E-state index in [4.69, 9.17) is 16.7 Å². The molecule has 1 N–H and O–H groups in total. The van der Waals surface area contributed by atoms with Gasteiger partial charge in [0.1, 0.15) is 4.87 Å². The number of carbonyl (C=O) groups is 1. The fourth-order valence-corrected chi connectivity index (χ4v) is 2.94. The van der Waals surface area contributed by atoms with E-state index < -0.39 is 10.8 Å². The van der Waals surface area contributed by atoms with E-state index in [0.29, 0.717) is 12.3 Å². The summed E-state index contributed by atoms with van der Waals surface area (Å²) in [6.45, 7) is 0. The van der Waals surface area contributed by atoms with Gasteiger partial charge in [0, 0.05) is 0 Å². The topological polar surface area (TPSA) is 37.3 Å². The summed E-state index contributed by atoms with van der Waals surface area (Å²) in [6, 6.07) is 0. The first kappa shape index (κ1) is 7.41. The number of alkyl halides is 1. The van der Waals surface area contributed by atoms with Crippen LogP contribution in [0.3, 0.4) is 0 Å². The zero-order chi connectivity index (χ0) is 8.06. The van der Waals surface area contributed by atoms with Gasteiger partial charge in [-0.05, 0) is 31.1 Å². The highest BCUT2D eigenvalue weighted by atomic mass is 35.5. The maximum absolute atomic E-state index is 10.8. The van der Waals surface area contributed by atoms with E-state index in [0.717, 1.165) is 12.8 Å². The lowest BCUT2D eigenvalue weighted by Crippen LogP contribution is -2.37. The van der Waals surface area contributed by atoms with Crippen LogP contribution >= 0.6 is 11.6 Å². The summed E-state index contributed by atoms with van der Waals surface area (Å²) in [5, 5.41) is 8.86. The second kappa shape index (κ2) is 2.13. The predicted molar refractivity (Wildman–Crippen MR) is 41.7 cm³/mol. The number of aliphatic carboxylic acids is 1. The van der Waals surface area contributed by atoms with Crippen LogP contribution in [0.15, 0.2) is 0 Å². The van der Waals surface area contributed by atoms with Crippen molar-refractivity contribution < 1.29 is 9.90 Å². The normalized spacial score (nSPS) is 48.1. The second-order valence-corrected chi connectivity index (χ2v) is 4.42. The van der Waals surface area contributed by atoms with Crippen LogP contribution in [0.5, 0.6) is 0 Å². The van der Waals surface area contributed by atoms with Gasteiger partial charge in [0.2, 0.25) is 0 Å². The predicted octanol–water partition coefficient (Wildman–Crippen LogP) is 1.87. The van der Waals surface area contributed by atoms with Gasteiger partial charge in [-0.15, -0.1) is 11.6 Å². The molecule has 62 valence electrons. The monoisotopic (exact) mass is 174 g/mol. The summed E-state index contributed by atoms with van der Waals surface area (Å²) in [7, 11) is 0. The molecule has 2 rings (SSSR count). The van der Waals surface area contributed by atoms with E-state index in [-0.39, 0.29) is 5.92 Å². The van der Waals surface area contributed by atoms with Crippen LogP contribution in [0.25, 0.3) is 0 Å². The summed E-state index contributed by atoms with van der Waals surface area (Å²) in [5.41, 5.74) is 0. The van der Waals surface area contributed by atoms with Crippen LogP contribution in [0.1, 0.15) is 25.7 Å². The molecular weight excluding hydrogens is 164 g/mol. The Morgan fingerprint density at radius 1 is 1.55 bits per heavy atom. The number of carboxylic acid groups (broad SMARTS) is 1. The van der Waals surface area contributed by atoms with Crippen LogP contribution < -0.4 is 0 Å². The average Bonchev–Trinajstić information content (AvgIpc) is 2.45. The standard InChI is InChI=1S/C8H11ClO2/c9-8(7(10)11)4-5-1-2-6(8)3-5/h5-6H,1-4H2,(H,10,11)/t5-,6+,8+/m0/s1. The van der Waals surface area contributed by atoms with Gasteiger partial charge < -0.3 is 5.11 Å². The molecule has 0 aromatic rings. The van der Waals surface area contributed by atoms with Crippen molar-refractivity contribution in [2.75, 3.05) is 0 Å². The van der Waals surface area contributed by atoms with E-state index in [2.05, 4.69) is 0 Å². The molecule has 0 spiro atoms. The van der Waals surface area contributed by atoms with Crippen LogP contribution in [-0.4, -0.2) is 16.0 Å². The van der Waals surface area contributed by atoms with E-state index in [1.807, 2.05) is 0 Å². The van der Waals surface area contributed by atoms with Gasteiger partial charge in [0.25, 0.3) is 0 Å². The molecule has 0 saturated heterocycles. The van der Waals surface area contributed by atoms with Crippen molar-refractivity contribution in [3.05, 3.63) is 0 Å². The number of hydrogen-bond acceptors (Lipinski definition) is 1. The van der Waals surface area contributed by atoms with Crippen molar-refractivity contribution in [3.63, 3.8) is 0 Å². The highest BCUT2D eigenvalue weighted by Crippen LogP contribution is 2.54. The Kier molecular flexibility index (Phi) is 1.43. The molecule has 0 amide bonds. The molecule has 2 aliphatic carbocycles. The molecule has 3 heteroatoms. The lowest BCUT2D eigenvalue weighted by Gasteiger charge is -2.26. The highest BCUT2D eigenvalue weighted by molar-refractivity contribution is 6.34. The molecule has 2 saturated carbocycles. The Morgan fingerprint density at radius 2 is 2.27 bits per heavy atom. The first-order valence-corrected chi connectivity index (χ1v) is 4.43. The van der Waals surface area contributed by atoms with Gasteiger partial charge in [-0.3, -0.25) is 4.79 Å². The minimum atomic E-state index is -0.900. The Hall–Kier alpha value is -0.240. The molecule has 2 nitrogen and oxygen atoms in total. The molecule has 2 aliphatic rings. The maximum Gasteiger partial charge on any atom is 0.325 e. The second-order valence-electron chi connectivity index (χ2n) is 3.75. The molecule has 11 heavy (non-hydrogen) atoms. The molecule has 2 bridgehead atoms. The lowest BCUT2D eigenvalue weighted by molar-refractivity contribution is -0.141. The van der Waals surface area contributed by atoms with E-state index in [9.17, 15) is 4.79 Å². The first-order chi connectivity index (χ1) is 5.13. The van der Waals surface area contributed by atoms with Crippen LogP contribution in [-0.2, 0) is 4.79 Å². The van der Waals surface area contributed by atoms with Gasteiger partial charge in [-0.2, -0.15) is 0 Å². The Balaban J connectivity index is 2.23. The van der Waals surface area contributed by atoms with Crippen LogP contribution in [0.2, 0.25) is 0 Å². The van der Waals surface area contributed by atoms with Gasteiger partial charge in [-0.25, -0.2) is 0 Å². The summed E-state index contributed by atoms with van der Waals surface area (Å²) < 4.78 is 0. The Bertz CT molecular complexity index is 204. The van der Waals surface area contributed by atoms with Crippen LogP contribution in [0.4, 0.5) is 0 Å². The molecule has 2 fully saturated rings. The first-order valence-electron chi connectivity index (χ1n) is 4.05. The van der Waals surface area contributed by atoms with E-state index in [1.165, 1.54) is 6.42 Å². The third-order valence-corrected chi connectivity index (χ3v) is 3.75. The van der Waals surface area contributed by atoms with E-state index >= 15 is 0 Å². The minimum absolute atomic E-state index is 0.242. The number of fused-ring (bicyclic) bond motifs is 2. The zero-order valence-electron chi connectivity index (χ0n) is 6.22. The van der Waals surface area contributed by atoms with Crippen molar-refractivity contribution in [2.24, 2.45) is 11.8 Å². The maximum atomic E-state index is 10.8.